The Hall–Kier alpha value is -2.04. The largest absolute Gasteiger partial charge is 0.484 e. The first-order chi connectivity index (χ1) is 8.79. The maximum atomic E-state index is 11.0. The number of ether oxygens (including phenoxy) is 1. The Morgan fingerprint density at radius 3 is 2.83 bits per heavy atom. The van der Waals surface area contributed by atoms with Crippen molar-refractivity contribution >= 4 is 11.7 Å². The zero-order valence-corrected chi connectivity index (χ0v) is 10.4. The highest BCUT2D eigenvalue weighted by molar-refractivity contribution is 5.99. The number of carbonyl (C=O) groups is 1. The summed E-state index contributed by atoms with van der Waals surface area (Å²) in [5, 5.41) is 5.76. The molecule has 0 saturated carbocycles. The number of benzene rings is 1. The van der Waals surface area contributed by atoms with Gasteiger partial charge in [-0.25, -0.2) is 0 Å². The highest BCUT2D eigenvalue weighted by Crippen LogP contribution is 2.13. The maximum absolute atomic E-state index is 11.0. The normalized spacial score (nSPS) is 14.4. The summed E-state index contributed by atoms with van der Waals surface area (Å²) in [5.41, 5.74) is 1.04. The third-order valence-electron chi connectivity index (χ3n) is 2.67. The van der Waals surface area contributed by atoms with Crippen LogP contribution in [0, 0.1) is 0 Å². The minimum Gasteiger partial charge on any atom is -0.484 e. The Bertz CT molecular complexity index is 440. The molecular formula is C13H17N3O2. The van der Waals surface area contributed by atoms with Crippen molar-refractivity contribution in [3.8, 4) is 5.75 Å². The molecular weight excluding hydrogens is 230 g/mol. The van der Waals surface area contributed by atoms with Gasteiger partial charge in [0, 0.05) is 25.7 Å². The van der Waals surface area contributed by atoms with E-state index in [-0.39, 0.29) is 12.5 Å². The molecule has 0 fully saturated rings. The molecule has 18 heavy (non-hydrogen) atoms. The van der Waals surface area contributed by atoms with E-state index in [4.69, 9.17) is 4.74 Å². The molecule has 0 saturated heterocycles. The van der Waals surface area contributed by atoms with Crippen molar-refractivity contribution in [1.29, 1.82) is 0 Å². The molecule has 1 aromatic rings. The van der Waals surface area contributed by atoms with Crippen molar-refractivity contribution < 1.29 is 9.53 Å². The minimum atomic E-state index is -0.141. The number of rotatable bonds is 4. The van der Waals surface area contributed by atoms with Crippen molar-refractivity contribution in [3.05, 3.63) is 29.8 Å². The van der Waals surface area contributed by atoms with Crippen molar-refractivity contribution in [3.63, 3.8) is 0 Å². The van der Waals surface area contributed by atoms with Crippen LogP contribution >= 0.6 is 0 Å². The maximum Gasteiger partial charge on any atom is 0.257 e. The molecule has 1 aliphatic rings. The van der Waals surface area contributed by atoms with Gasteiger partial charge in [-0.05, 0) is 30.7 Å². The molecule has 1 amide bonds. The Morgan fingerprint density at radius 1 is 1.44 bits per heavy atom. The van der Waals surface area contributed by atoms with Crippen LogP contribution in [0.2, 0.25) is 0 Å². The third-order valence-corrected chi connectivity index (χ3v) is 2.67. The number of likely N-dealkylation sites (N-methyl/N-ethyl adjacent to an activating group) is 1. The van der Waals surface area contributed by atoms with Crippen LogP contribution < -0.4 is 15.4 Å². The molecule has 0 aromatic heterocycles. The second-order valence-corrected chi connectivity index (χ2v) is 4.00. The van der Waals surface area contributed by atoms with Crippen LogP contribution in [0.1, 0.15) is 12.0 Å². The summed E-state index contributed by atoms with van der Waals surface area (Å²) >= 11 is 0. The summed E-state index contributed by atoms with van der Waals surface area (Å²) in [5.74, 6) is 1.47. The monoisotopic (exact) mass is 247 g/mol. The highest BCUT2D eigenvalue weighted by atomic mass is 16.5. The third kappa shape index (κ3) is 3.23. The van der Waals surface area contributed by atoms with Gasteiger partial charge in [0.15, 0.2) is 6.61 Å². The molecule has 1 heterocycles. The van der Waals surface area contributed by atoms with E-state index >= 15 is 0 Å². The van der Waals surface area contributed by atoms with Crippen LogP contribution in [0.25, 0.3) is 0 Å². The van der Waals surface area contributed by atoms with Crippen LogP contribution in [0.3, 0.4) is 0 Å². The molecule has 0 radical (unpaired) electrons. The first-order valence-corrected chi connectivity index (χ1v) is 6.02. The molecule has 5 heteroatoms. The van der Waals surface area contributed by atoms with E-state index in [1.807, 2.05) is 24.3 Å². The molecule has 2 rings (SSSR count). The lowest BCUT2D eigenvalue weighted by molar-refractivity contribution is -0.122. The lowest BCUT2D eigenvalue weighted by Gasteiger charge is -2.14. The molecule has 0 bridgehead atoms. The number of amidine groups is 1. The summed E-state index contributed by atoms with van der Waals surface area (Å²) in [6.07, 6.45) is 1.08. The zero-order chi connectivity index (χ0) is 12.8. The number of nitrogens with zero attached hydrogens (tertiary/aromatic N) is 1. The number of aliphatic imine (C=N–C) groups is 1. The molecule has 1 aromatic carbocycles. The van der Waals surface area contributed by atoms with Crippen molar-refractivity contribution in [2.24, 2.45) is 4.99 Å². The smallest absolute Gasteiger partial charge is 0.257 e. The number of nitrogens with one attached hydrogen (secondary N) is 2. The zero-order valence-electron chi connectivity index (χ0n) is 10.4. The molecule has 0 spiro atoms. The Morgan fingerprint density at radius 2 is 2.22 bits per heavy atom. The topological polar surface area (TPSA) is 62.7 Å². The van der Waals surface area contributed by atoms with Gasteiger partial charge in [0.05, 0.1) is 0 Å². The summed E-state index contributed by atoms with van der Waals surface area (Å²) in [6, 6.07) is 7.57. The number of amides is 1. The van der Waals surface area contributed by atoms with Gasteiger partial charge in [-0.1, -0.05) is 0 Å². The molecule has 2 N–H and O–H groups in total. The summed E-state index contributed by atoms with van der Waals surface area (Å²) in [4.78, 5) is 15.5. The van der Waals surface area contributed by atoms with Crippen LogP contribution in [0.4, 0.5) is 0 Å². The van der Waals surface area contributed by atoms with E-state index in [2.05, 4.69) is 15.6 Å². The molecule has 96 valence electrons. The van der Waals surface area contributed by atoms with E-state index in [9.17, 15) is 4.79 Å². The summed E-state index contributed by atoms with van der Waals surface area (Å²) < 4.78 is 5.33. The summed E-state index contributed by atoms with van der Waals surface area (Å²) in [7, 11) is 1.59. The van der Waals surface area contributed by atoms with Gasteiger partial charge in [-0.2, -0.15) is 0 Å². The second kappa shape index (κ2) is 6.05. The van der Waals surface area contributed by atoms with Crippen LogP contribution in [-0.4, -0.2) is 38.5 Å². The number of hydrogen-bond acceptors (Lipinski definition) is 4. The molecule has 0 aliphatic carbocycles. The molecule has 0 atom stereocenters. The predicted molar refractivity (Wildman–Crippen MR) is 70.0 cm³/mol. The van der Waals surface area contributed by atoms with Crippen molar-refractivity contribution in [1.82, 2.24) is 10.6 Å². The first kappa shape index (κ1) is 12.4. The SMILES string of the molecule is CNC(=O)COc1ccc(C2=NCCCN2)cc1. The van der Waals surface area contributed by atoms with Crippen LogP contribution in [0.15, 0.2) is 29.3 Å². The van der Waals surface area contributed by atoms with E-state index < -0.39 is 0 Å². The van der Waals surface area contributed by atoms with Gasteiger partial charge in [0.1, 0.15) is 11.6 Å². The molecule has 0 unspecified atom stereocenters. The van der Waals surface area contributed by atoms with Crippen molar-refractivity contribution in [2.75, 3.05) is 26.7 Å². The number of carbonyl (C=O) groups excluding carboxylic acids is 1. The summed E-state index contributed by atoms with van der Waals surface area (Å²) in [6.45, 7) is 1.88. The van der Waals surface area contributed by atoms with Gasteiger partial charge in [0.2, 0.25) is 0 Å². The van der Waals surface area contributed by atoms with E-state index in [1.54, 1.807) is 7.05 Å². The van der Waals surface area contributed by atoms with Crippen LogP contribution in [-0.2, 0) is 4.79 Å². The fourth-order valence-electron chi connectivity index (χ4n) is 1.66. The van der Waals surface area contributed by atoms with Crippen molar-refractivity contribution in [2.45, 2.75) is 6.42 Å². The quantitative estimate of drug-likeness (QED) is 0.817. The van der Waals surface area contributed by atoms with E-state index in [0.717, 1.165) is 30.9 Å². The lowest BCUT2D eigenvalue weighted by atomic mass is 10.2. The Balaban J connectivity index is 1.97. The minimum absolute atomic E-state index is 0.0367. The fourth-order valence-corrected chi connectivity index (χ4v) is 1.66. The first-order valence-electron chi connectivity index (χ1n) is 6.02. The molecule has 1 aliphatic heterocycles. The van der Waals surface area contributed by atoms with Gasteiger partial charge >= 0.3 is 0 Å². The second-order valence-electron chi connectivity index (χ2n) is 4.00. The Labute approximate surface area is 106 Å². The van der Waals surface area contributed by atoms with Gasteiger partial charge in [-0.3, -0.25) is 9.79 Å². The highest BCUT2D eigenvalue weighted by Gasteiger charge is 2.07. The standard InChI is InChI=1S/C13H17N3O2/c1-14-12(17)9-18-11-5-3-10(4-6-11)13-15-7-2-8-16-13/h3-6H,2,7-9H2,1H3,(H,14,17)(H,15,16). The fraction of sp³-hybridized carbons (Fsp3) is 0.385. The van der Waals surface area contributed by atoms with Gasteiger partial charge in [0.25, 0.3) is 5.91 Å². The van der Waals surface area contributed by atoms with Crippen LogP contribution in [0.5, 0.6) is 5.75 Å². The lowest BCUT2D eigenvalue weighted by Crippen LogP contribution is -2.30. The Kier molecular flexibility index (Phi) is 4.17. The molecule has 5 nitrogen and oxygen atoms in total. The average molecular weight is 247 g/mol. The van der Waals surface area contributed by atoms with E-state index in [1.165, 1.54) is 0 Å². The van der Waals surface area contributed by atoms with Gasteiger partial charge in [-0.15, -0.1) is 0 Å². The number of hydrogen-bond donors (Lipinski definition) is 2. The average Bonchev–Trinajstić information content (AvgIpc) is 2.46. The predicted octanol–water partition coefficient (Wildman–Crippen LogP) is 0.551. The van der Waals surface area contributed by atoms with Gasteiger partial charge < -0.3 is 15.4 Å². The van der Waals surface area contributed by atoms with E-state index in [0.29, 0.717) is 5.75 Å².